The molecule has 3 heteroatoms. The van der Waals surface area contributed by atoms with E-state index in [4.69, 9.17) is 16.6 Å². The molecule has 0 aromatic rings. The van der Waals surface area contributed by atoms with E-state index in [9.17, 15) is 0 Å². The molecule has 3 nitrogen and oxygen atoms in total. The lowest BCUT2D eigenvalue weighted by Crippen LogP contribution is -2.29. The van der Waals surface area contributed by atoms with Crippen LogP contribution in [0.3, 0.4) is 0 Å². The van der Waals surface area contributed by atoms with Crippen LogP contribution in [0.5, 0.6) is 0 Å². The largest absolute Gasteiger partial charge is 0.395 e. The molecular weight excluding hydrogens is 152 g/mol. The van der Waals surface area contributed by atoms with Crippen LogP contribution in [0.25, 0.3) is 0 Å². The Morgan fingerprint density at radius 1 is 1.42 bits per heavy atom. The molecule has 0 amide bonds. The predicted octanol–water partition coefficient (Wildman–Crippen LogP) is 0.460. The Labute approximate surface area is 75.1 Å². The molecule has 1 fully saturated rings. The molecule has 5 N–H and O–H groups in total. The summed E-state index contributed by atoms with van der Waals surface area (Å²) in [5.41, 5.74) is 10.7. The molecule has 0 spiro atoms. The summed E-state index contributed by atoms with van der Waals surface area (Å²) < 4.78 is 0. The fourth-order valence-electron chi connectivity index (χ4n) is 0.651. The molecule has 0 unspecified atom stereocenters. The third kappa shape index (κ3) is 5.52. The normalized spacial score (nSPS) is 19.5. The van der Waals surface area contributed by atoms with Gasteiger partial charge in [-0.3, -0.25) is 0 Å². The van der Waals surface area contributed by atoms with Crippen LogP contribution in [0.15, 0.2) is 0 Å². The summed E-state index contributed by atoms with van der Waals surface area (Å²) in [6, 6.07) is 0.523. The topological polar surface area (TPSA) is 72.3 Å². The quantitative estimate of drug-likeness (QED) is 0.569. The number of hydrogen-bond acceptors (Lipinski definition) is 3. The first-order chi connectivity index (χ1) is 5.57. The molecule has 1 saturated carbocycles. The fraction of sp³-hybridized carbons (Fsp3) is 1.00. The van der Waals surface area contributed by atoms with Crippen LogP contribution < -0.4 is 11.5 Å². The second-order valence-corrected chi connectivity index (χ2v) is 3.78. The highest BCUT2D eigenvalue weighted by atomic mass is 16.3. The van der Waals surface area contributed by atoms with Crippen molar-refractivity contribution in [3.05, 3.63) is 0 Å². The first kappa shape index (κ1) is 11.9. The number of aliphatic hydroxyl groups is 1. The van der Waals surface area contributed by atoms with Crippen LogP contribution >= 0.6 is 0 Å². The third-order valence-corrected chi connectivity index (χ3v) is 2.22. The van der Waals surface area contributed by atoms with Crippen LogP contribution in [0.2, 0.25) is 0 Å². The summed E-state index contributed by atoms with van der Waals surface area (Å²) in [6.07, 6.45) is 3.89. The number of hydrogen-bond donors (Lipinski definition) is 3. The van der Waals surface area contributed by atoms with Crippen LogP contribution in [0.4, 0.5) is 0 Å². The lowest BCUT2D eigenvalue weighted by Gasteiger charge is -2.18. The zero-order valence-electron chi connectivity index (χ0n) is 8.16. The van der Waals surface area contributed by atoms with Crippen molar-refractivity contribution in [3.8, 4) is 0 Å². The lowest BCUT2D eigenvalue weighted by atomic mass is 9.95. The molecule has 1 rings (SSSR count). The number of nitrogens with two attached hydrogens (primary N) is 2. The predicted molar refractivity (Wildman–Crippen MR) is 51.7 cm³/mol. The van der Waals surface area contributed by atoms with E-state index in [2.05, 4.69) is 0 Å². The van der Waals surface area contributed by atoms with Gasteiger partial charge < -0.3 is 16.6 Å². The maximum absolute atomic E-state index is 8.38. The molecule has 12 heavy (non-hydrogen) atoms. The van der Waals surface area contributed by atoms with Crippen LogP contribution in [-0.4, -0.2) is 23.8 Å². The minimum Gasteiger partial charge on any atom is -0.395 e. The number of rotatable bonds is 2. The molecule has 1 aliphatic rings. The average Bonchev–Trinajstić information content (AvgIpc) is 2.00. The van der Waals surface area contributed by atoms with E-state index >= 15 is 0 Å². The van der Waals surface area contributed by atoms with Gasteiger partial charge in [0.15, 0.2) is 0 Å². The van der Waals surface area contributed by atoms with Crippen LogP contribution in [0, 0.1) is 5.92 Å². The van der Waals surface area contributed by atoms with Crippen LogP contribution in [-0.2, 0) is 0 Å². The highest BCUT2D eigenvalue weighted by Gasteiger charge is 2.09. The summed E-state index contributed by atoms with van der Waals surface area (Å²) in [7, 11) is 0. The first-order valence-corrected chi connectivity index (χ1v) is 4.70. The monoisotopic (exact) mass is 174 g/mol. The van der Waals surface area contributed by atoms with Crippen molar-refractivity contribution < 1.29 is 5.11 Å². The molecule has 0 aromatic heterocycles. The smallest absolute Gasteiger partial charge is 0.0585 e. The van der Waals surface area contributed by atoms with E-state index in [1.807, 2.05) is 13.8 Å². The molecule has 0 aliphatic heterocycles. The molecule has 0 aromatic carbocycles. The number of aliphatic hydroxyl groups excluding tert-OH is 1. The van der Waals surface area contributed by atoms with Gasteiger partial charge in [-0.1, -0.05) is 20.3 Å². The van der Waals surface area contributed by atoms with Gasteiger partial charge >= 0.3 is 0 Å². The van der Waals surface area contributed by atoms with Gasteiger partial charge in [0.25, 0.3) is 0 Å². The summed E-state index contributed by atoms with van der Waals surface area (Å²) in [5, 5.41) is 8.38. The average molecular weight is 174 g/mol. The van der Waals surface area contributed by atoms with Crippen molar-refractivity contribution in [2.24, 2.45) is 17.4 Å². The second-order valence-electron chi connectivity index (χ2n) is 3.78. The minimum atomic E-state index is -0.0417. The maximum Gasteiger partial charge on any atom is 0.0585 e. The van der Waals surface area contributed by atoms with Crippen molar-refractivity contribution in [1.29, 1.82) is 0 Å². The van der Waals surface area contributed by atoms with E-state index in [0.717, 1.165) is 0 Å². The van der Waals surface area contributed by atoms with Gasteiger partial charge in [-0.15, -0.1) is 0 Å². The van der Waals surface area contributed by atoms with Gasteiger partial charge in [0.2, 0.25) is 0 Å². The van der Waals surface area contributed by atoms with Crippen molar-refractivity contribution in [3.63, 3.8) is 0 Å². The standard InChI is InChI=1S/C5H13NO.C4H9N/c1-4(2)5(6)3-7;5-4-2-1-3-4/h4-5,7H,3,6H2,1-2H3;4H,1-3,5H2/t5-;/m1./s1. The lowest BCUT2D eigenvalue weighted by molar-refractivity contribution is 0.238. The van der Waals surface area contributed by atoms with E-state index in [1.54, 1.807) is 0 Å². The highest BCUT2D eigenvalue weighted by molar-refractivity contribution is 4.70. The van der Waals surface area contributed by atoms with Gasteiger partial charge in [0, 0.05) is 12.1 Å². The zero-order valence-corrected chi connectivity index (χ0v) is 8.16. The molecule has 0 bridgehead atoms. The summed E-state index contributed by atoms with van der Waals surface area (Å²) >= 11 is 0. The van der Waals surface area contributed by atoms with Gasteiger partial charge in [-0.2, -0.15) is 0 Å². The zero-order chi connectivity index (χ0) is 9.56. The van der Waals surface area contributed by atoms with Gasteiger partial charge in [0.1, 0.15) is 0 Å². The molecular formula is C9H22N2O. The van der Waals surface area contributed by atoms with E-state index < -0.39 is 0 Å². The summed E-state index contributed by atoms with van der Waals surface area (Å²) in [6.45, 7) is 4.07. The van der Waals surface area contributed by atoms with Gasteiger partial charge in [-0.25, -0.2) is 0 Å². The van der Waals surface area contributed by atoms with Crippen LogP contribution in [0.1, 0.15) is 33.1 Å². The van der Waals surface area contributed by atoms with Crippen molar-refractivity contribution >= 4 is 0 Å². The minimum absolute atomic E-state index is 0.0417. The fourth-order valence-corrected chi connectivity index (χ4v) is 0.651. The Morgan fingerprint density at radius 3 is 1.83 bits per heavy atom. The van der Waals surface area contributed by atoms with Crippen molar-refractivity contribution in [1.82, 2.24) is 0 Å². The Morgan fingerprint density at radius 2 is 1.83 bits per heavy atom. The van der Waals surface area contributed by atoms with E-state index in [1.165, 1.54) is 19.3 Å². The molecule has 1 atom stereocenters. The van der Waals surface area contributed by atoms with E-state index in [-0.39, 0.29) is 12.6 Å². The van der Waals surface area contributed by atoms with E-state index in [0.29, 0.717) is 12.0 Å². The summed E-state index contributed by atoms with van der Waals surface area (Å²) in [5.74, 6) is 0.394. The van der Waals surface area contributed by atoms with Gasteiger partial charge in [0.05, 0.1) is 6.61 Å². The van der Waals surface area contributed by atoms with Crippen molar-refractivity contribution in [2.75, 3.05) is 6.61 Å². The Balaban J connectivity index is 0.000000211. The SMILES string of the molecule is CC(C)[C@H](N)CO.NC1CCC1. The Bertz CT molecular complexity index is 103. The molecule has 1 aliphatic carbocycles. The molecule has 74 valence electrons. The molecule has 0 heterocycles. The third-order valence-electron chi connectivity index (χ3n) is 2.22. The summed E-state index contributed by atoms with van der Waals surface area (Å²) in [4.78, 5) is 0. The first-order valence-electron chi connectivity index (χ1n) is 4.70. The maximum atomic E-state index is 8.38. The van der Waals surface area contributed by atoms with Gasteiger partial charge in [-0.05, 0) is 18.8 Å². The highest BCUT2D eigenvalue weighted by Crippen LogP contribution is 2.14. The van der Waals surface area contributed by atoms with Crippen molar-refractivity contribution in [2.45, 2.75) is 45.2 Å². The Hall–Kier alpha value is -0.120. The Kier molecular flexibility index (Phi) is 6.34. The molecule has 0 radical (unpaired) electrons. The second kappa shape index (κ2) is 6.40. The molecule has 0 saturated heterocycles.